The van der Waals surface area contributed by atoms with Crippen LogP contribution < -0.4 is 19.7 Å². The number of hydrogen-bond donors (Lipinski definition) is 1. The van der Waals surface area contributed by atoms with Crippen molar-refractivity contribution < 1.29 is 37.8 Å². The minimum absolute atomic E-state index is 0.0977. The van der Waals surface area contributed by atoms with E-state index >= 15 is 0 Å². The van der Waals surface area contributed by atoms with Crippen molar-refractivity contribution in [2.75, 3.05) is 31.1 Å². The maximum atomic E-state index is 14.8. The highest BCUT2D eigenvalue weighted by Crippen LogP contribution is 2.40. The molecule has 290 valence electrons. The third-order valence-corrected chi connectivity index (χ3v) is 12.7. The fourth-order valence-electron chi connectivity index (χ4n) is 8.86. The molecule has 5 heterocycles. The van der Waals surface area contributed by atoms with E-state index in [2.05, 4.69) is 10.2 Å². The van der Waals surface area contributed by atoms with Gasteiger partial charge in [-0.25, -0.2) is 9.29 Å². The van der Waals surface area contributed by atoms with Gasteiger partial charge in [0.1, 0.15) is 16.7 Å². The van der Waals surface area contributed by atoms with E-state index in [1.54, 1.807) is 29.6 Å². The van der Waals surface area contributed by atoms with Crippen molar-refractivity contribution in [3.8, 4) is 11.5 Å². The number of anilines is 1. The van der Waals surface area contributed by atoms with E-state index in [0.29, 0.717) is 39.8 Å². The molecule has 1 aliphatic carbocycles. The number of unbranched alkanes of at least 4 members (excludes halogenated alkanes) is 4. The van der Waals surface area contributed by atoms with E-state index in [4.69, 9.17) is 9.47 Å². The molecule has 1 saturated carbocycles. The zero-order chi connectivity index (χ0) is 38.1. The summed E-state index contributed by atoms with van der Waals surface area (Å²) in [6, 6.07) is 9.19. The number of likely N-dealkylation sites (tertiary alicyclic amines) is 1. The van der Waals surface area contributed by atoms with Gasteiger partial charge in [-0.3, -0.25) is 29.3 Å². The largest absolute Gasteiger partial charge is 0.490 e. The van der Waals surface area contributed by atoms with Crippen molar-refractivity contribution in [2.45, 2.75) is 108 Å². The highest BCUT2D eigenvalue weighted by Gasteiger charge is 2.41. The number of ether oxygens (including phenoxy) is 2. The summed E-state index contributed by atoms with van der Waals surface area (Å²) in [7, 11) is 0. The van der Waals surface area contributed by atoms with Gasteiger partial charge < -0.3 is 19.3 Å². The first-order valence-corrected chi connectivity index (χ1v) is 20.7. The van der Waals surface area contributed by atoms with Crippen LogP contribution >= 0.6 is 11.3 Å². The number of fused-ring (bicyclic) bond motifs is 2. The first-order valence-electron chi connectivity index (χ1n) is 19.8. The Kier molecular flexibility index (Phi) is 11.0. The van der Waals surface area contributed by atoms with Gasteiger partial charge in [-0.05, 0) is 130 Å². The number of nitrogens with zero attached hydrogens (tertiary/aromatic N) is 3. The van der Waals surface area contributed by atoms with Crippen molar-refractivity contribution in [1.29, 1.82) is 0 Å². The van der Waals surface area contributed by atoms with Gasteiger partial charge >= 0.3 is 0 Å². The monoisotopic (exact) mass is 770 g/mol. The molecule has 11 nitrogen and oxygen atoms in total. The summed E-state index contributed by atoms with van der Waals surface area (Å²) in [5.74, 6) is -0.806. The van der Waals surface area contributed by atoms with E-state index < -0.39 is 17.8 Å². The maximum Gasteiger partial charge on any atom is 0.276 e. The first kappa shape index (κ1) is 37.3. The molecule has 0 spiro atoms. The molecule has 1 unspecified atom stereocenters. The minimum atomic E-state index is -0.715. The number of benzene rings is 2. The summed E-state index contributed by atoms with van der Waals surface area (Å²) < 4.78 is 27.4. The quantitative estimate of drug-likeness (QED) is 0.138. The van der Waals surface area contributed by atoms with Gasteiger partial charge in [0.25, 0.3) is 17.7 Å². The molecule has 5 aliphatic rings. The van der Waals surface area contributed by atoms with Crippen molar-refractivity contribution in [3.63, 3.8) is 0 Å². The molecular formula is C42H47FN4O7S. The number of piperidine rings is 2. The summed E-state index contributed by atoms with van der Waals surface area (Å²) in [5.41, 5.74) is 2.98. The molecule has 0 radical (unpaired) electrons. The maximum absolute atomic E-state index is 14.8. The fraction of sp³-hybridized carbons (Fsp3) is 0.500. The van der Waals surface area contributed by atoms with Crippen LogP contribution in [0.1, 0.15) is 131 Å². The van der Waals surface area contributed by atoms with Crippen LogP contribution in [0.2, 0.25) is 0 Å². The number of thiophene rings is 1. The summed E-state index contributed by atoms with van der Waals surface area (Å²) in [6.45, 7) is 3.65. The van der Waals surface area contributed by atoms with Crippen molar-refractivity contribution in [3.05, 3.63) is 74.7 Å². The zero-order valence-electron chi connectivity index (χ0n) is 31.0. The Balaban J connectivity index is 0.769. The Hall–Kier alpha value is -4.62. The average molecular weight is 771 g/mol. The predicted octanol–water partition coefficient (Wildman–Crippen LogP) is 6.98. The molecule has 1 N–H and O–H groups in total. The van der Waals surface area contributed by atoms with Gasteiger partial charge in [-0.1, -0.05) is 19.3 Å². The normalized spacial score (nSPS) is 20.7. The van der Waals surface area contributed by atoms with E-state index in [9.17, 15) is 28.4 Å². The lowest BCUT2D eigenvalue weighted by Gasteiger charge is -2.33. The van der Waals surface area contributed by atoms with Gasteiger partial charge in [0.05, 0.1) is 24.0 Å². The molecule has 55 heavy (non-hydrogen) atoms. The van der Waals surface area contributed by atoms with Crippen LogP contribution in [0.4, 0.5) is 10.1 Å². The molecule has 8 rings (SSSR count). The van der Waals surface area contributed by atoms with Crippen LogP contribution in [-0.4, -0.2) is 77.7 Å². The van der Waals surface area contributed by atoms with Crippen molar-refractivity contribution >= 4 is 46.6 Å². The summed E-state index contributed by atoms with van der Waals surface area (Å²) in [6.07, 6.45) is 11.8. The molecule has 1 aromatic heterocycles. The number of rotatable bonds is 14. The Morgan fingerprint density at radius 3 is 2.36 bits per heavy atom. The van der Waals surface area contributed by atoms with E-state index in [0.717, 1.165) is 101 Å². The number of carbonyl (C=O) groups is 5. The molecule has 5 amide bonds. The van der Waals surface area contributed by atoms with Gasteiger partial charge in [-0.2, -0.15) is 0 Å². The van der Waals surface area contributed by atoms with E-state index in [1.807, 2.05) is 6.07 Å². The predicted molar refractivity (Wildman–Crippen MR) is 204 cm³/mol. The van der Waals surface area contributed by atoms with Crippen LogP contribution in [0.3, 0.4) is 0 Å². The molecule has 4 aliphatic heterocycles. The molecule has 13 heteroatoms. The lowest BCUT2D eigenvalue weighted by molar-refractivity contribution is -0.136. The van der Waals surface area contributed by atoms with Gasteiger partial charge in [0.15, 0.2) is 11.5 Å². The standard InChI is InChI=1S/C42H47FN4O7S/c43-27-22-31(33-25-46(40(50)32(33)23-27)34-11-13-37(48)44-39(34)49)26-14-18-45(19-15-26)17-6-2-1-3-7-20-53-35-12-10-28(24-36(35)54-29-8-4-5-9-29)47-41(51)30-16-21-55-38(30)42(47)52/h10,12,16,21-24,26,29,34H,1-9,11,13-15,17-20,25H2,(H,44,48,49). The highest BCUT2D eigenvalue weighted by atomic mass is 32.1. The minimum Gasteiger partial charge on any atom is -0.490 e. The molecule has 2 aromatic carbocycles. The molecule has 3 fully saturated rings. The SMILES string of the molecule is O=C1CCC(N2Cc3c(cc(F)cc3C3CCN(CCCCCCCOc4ccc(N5C(=O)c6ccsc6C5=O)cc4OC4CCCC4)CC3)C2=O)C(=O)N1. The summed E-state index contributed by atoms with van der Waals surface area (Å²) in [5, 5.41) is 4.10. The van der Waals surface area contributed by atoms with Gasteiger partial charge in [0, 0.05) is 24.6 Å². The van der Waals surface area contributed by atoms with E-state index in [-0.39, 0.29) is 55.0 Å². The second-order valence-electron chi connectivity index (χ2n) is 15.4. The van der Waals surface area contributed by atoms with Crippen LogP contribution in [0.25, 0.3) is 0 Å². The van der Waals surface area contributed by atoms with Crippen LogP contribution in [0.5, 0.6) is 11.5 Å². The fourth-order valence-corrected chi connectivity index (χ4v) is 9.67. The molecular weight excluding hydrogens is 724 g/mol. The highest BCUT2D eigenvalue weighted by molar-refractivity contribution is 7.13. The number of halogens is 1. The Labute approximate surface area is 324 Å². The summed E-state index contributed by atoms with van der Waals surface area (Å²) >= 11 is 1.28. The average Bonchev–Trinajstić information content (AvgIpc) is 3.98. The number of carbonyl (C=O) groups excluding carboxylic acids is 5. The smallest absolute Gasteiger partial charge is 0.276 e. The number of imide groups is 2. The third kappa shape index (κ3) is 7.78. The van der Waals surface area contributed by atoms with Crippen LogP contribution in [0.15, 0.2) is 41.8 Å². The summed E-state index contributed by atoms with van der Waals surface area (Å²) in [4.78, 5) is 69.1. The third-order valence-electron chi connectivity index (χ3n) is 11.8. The van der Waals surface area contributed by atoms with Crippen LogP contribution in [-0.2, 0) is 16.1 Å². The molecule has 2 saturated heterocycles. The lowest BCUT2D eigenvalue weighted by atomic mass is 9.85. The van der Waals surface area contributed by atoms with Gasteiger partial charge in [-0.15, -0.1) is 11.3 Å². The topological polar surface area (TPSA) is 126 Å². The Bertz CT molecular complexity index is 1950. The second kappa shape index (κ2) is 16.2. The zero-order valence-corrected chi connectivity index (χ0v) is 31.8. The van der Waals surface area contributed by atoms with Crippen molar-refractivity contribution in [1.82, 2.24) is 15.1 Å². The Morgan fingerprint density at radius 2 is 1.58 bits per heavy atom. The van der Waals surface area contributed by atoms with Crippen LogP contribution in [0, 0.1) is 5.82 Å². The second-order valence-corrected chi connectivity index (χ2v) is 16.3. The number of amides is 5. The first-order chi connectivity index (χ1) is 26.7. The molecule has 0 bridgehead atoms. The van der Waals surface area contributed by atoms with E-state index in [1.165, 1.54) is 27.2 Å². The Morgan fingerprint density at radius 1 is 0.800 bits per heavy atom. The van der Waals surface area contributed by atoms with Gasteiger partial charge in [0.2, 0.25) is 11.8 Å². The molecule has 3 aromatic rings. The molecule has 1 atom stereocenters. The lowest BCUT2D eigenvalue weighted by Crippen LogP contribution is -2.52. The number of hydrogen-bond acceptors (Lipinski definition) is 9. The van der Waals surface area contributed by atoms with Crippen molar-refractivity contribution in [2.24, 2.45) is 0 Å². The number of nitrogens with one attached hydrogen (secondary N) is 1.